The summed E-state index contributed by atoms with van der Waals surface area (Å²) in [5.74, 6) is 1.35. The molecular weight excluding hydrogens is 520 g/mol. The van der Waals surface area contributed by atoms with Crippen molar-refractivity contribution in [1.82, 2.24) is 9.80 Å². The van der Waals surface area contributed by atoms with E-state index in [4.69, 9.17) is 40.6 Å². The van der Waals surface area contributed by atoms with E-state index in [-0.39, 0.29) is 18.1 Å². The molecule has 1 saturated carbocycles. The maximum absolute atomic E-state index is 6.56. The molecule has 0 aromatic heterocycles. The van der Waals surface area contributed by atoms with Crippen molar-refractivity contribution in [3.8, 4) is 0 Å². The van der Waals surface area contributed by atoms with Crippen LogP contribution >= 0.6 is 11.6 Å². The van der Waals surface area contributed by atoms with Gasteiger partial charge in [-0.15, -0.1) is 0 Å². The van der Waals surface area contributed by atoms with Gasteiger partial charge in [-0.25, -0.2) is 9.78 Å². The minimum absolute atomic E-state index is 0.150. The number of nitrogens with zero attached hydrogens (tertiary/aromatic N) is 3. The lowest BCUT2D eigenvalue weighted by molar-refractivity contribution is -0.577. The summed E-state index contributed by atoms with van der Waals surface area (Å²) in [6, 6.07) is 7.74. The van der Waals surface area contributed by atoms with Crippen molar-refractivity contribution in [1.29, 1.82) is 0 Å². The highest BCUT2D eigenvalue weighted by atomic mass is 35.5. The average molecular weight is 563 g/mol. The zero-order valence-corrected chi connectivity index (χ0v) is 24.4. The van der Waals surface area contributed by atoms with E-state index in [2.05, 4.69) is 36.0 Å². The van der Waals surface area contributed by atoms with Gasteiger partial charge in [-0.1, -0.05) is 31.5 Å². The molecule has 1 aromatic carbocycles. The lowest BCUT2D eigenvalue weighted by Crippen LogP contribution is -2.70. The molecule has 7 rings (SSSR count). The summed E-state index contributed by atoms with van der Waals surface area (Å²) in [6.07, 6.45) is 3.18. The highest BCUT2D eigenvalue weighted by molar-refractivity contribution is 6.30. The van der Waals surface area contributed by atoms with E-state index in [9.17, 15) is 0 Å². The van der Waals surface area contributed by atoms with Gasteiger partial charge in [-0.05, 0) is 63.3 Å². The third-order valence-electron chi connectivity index (χ3n) is 9.62. The van der Waals surface area contributed by atoms with Crippen LogP contribution in [0.4, 0.5) is 5.69 Å². The van der Waals surface area contributed by atoms with Crippen molar-refractivity contribution >= 4 is 23.2 Å². The van der Waals surface area contributed by atoms with Gasteiger partial charge < -0.3 is 29.3 Å². The molecule has 216 valence electrons. The van der Waals surface area contributed by atoms with Crippen molar-refractivity contribution in [2.45, 2.75) is 70.4 Å². The predicted molar refractivity (Wildman–Crippen MR) is 149 cm³/mol. The quantitative estimate of drug-likeness (QED) is 0.242. The number of likely N-dealkylation sites (N-methyl/N-ethyl adjacent to an activating group) is 1. The van der Waals surface area contributed by atoms with Gasteiger partial charge in [-0.3, -0.25) is 4.99 Å². The second-order valence-electron chi connectivity index (χ2n) is 12.3. The smallest absolute Gasteiger partial charge is 0.201 e. The maximum atomic E-state index is 6.56. The number of fused-ring (bicyclic) bond motifs is 2. The summed E-state index contributed by atoms with van der Waals surface area (Å²) in [5.41, 5.74) is 0.355. The Kier molecular flexibility index (Phi) is 7.87. The van der Waals surface area contributed by atoms with Crippen molar-refractivity contribution in [2.24, 2.45) is 28.7 Å². The number of piperazine rings is 1. The Morgan fingerprint density at radius 2 is 1.95 bits per heavy atom. The zero-order chi connectivity index (χ0) is 27.2. The van der Waals surface area contributed by atoms with Crippen LogP contribution < -0.4 is 5.32 Å². The molecule has 0 radical (unpaired) electrons. The Balaban J connectivity index is 1.14. The Bertz CT molecular complexity index is 1050. The second kappa shape index (κ2) is 11.1. The van der Waals surface area contributed by atoms with Crippen LogP contribution in [0.5, 0.6) is 0 Å². The summed E-state index contributed by atoms with van der Waals surface area (Å²) < 4.78 is 19.4. The lowest BCUT2D eigenvalue weighted by Gasteiger charge is -2.60. The van der Waals surface area contributed by atoms with E-state index < -0.39 is 17.7 Å². The lowest BCUT2D eigenvalue weighted by atomic mass is 9.58. The third-order valence-corrected chi connectivity index (χ3v) is 9.85. The van der Waals surface area contributed by atoms with Gasteiger partial charge in [-0.2, -0.15) is 0 Å². The first-order valence-corrected chi connectivity index (χ1v) is 15.0. The molecule has 1 aromatic rings. The molecule has 5 saturated heterocycles. The average Bonchev–Trinajstić information content (AvgIpc) is 3.15. The molecule has 5 aliphatic heterocycles. The Labute approximate surface area is 237 Å². The minimum Gasteiger partial charge on any atom is -0.350 e. The Hall–Kier alpha value is -1.46. The van der Waals surface area contributed by atoms with Gasteiger partial charge in [0.1, 0.15) is 0 Å². The molecular formula is C29H43ClN4O5. The number of anilines is 1. The van der Waals surface area contributed by atoms with E-state index >= 15 is 0 Å². The molecule has 2 bridgehead atoms. The van der Waals surface area contributed by atoms with Crippen LogP contribution in [0.15, 0.2) is 29.3 Å². The summed E-state index contributed by atoms with van der Waals surface area (Å²) in [6.45, 7) is 11.3. The number of ether oxygens (including phenoxy) is 3. The van der Waals surface area contributed by atoms with Gasteiger partial charge in [0.2, 0.25) is 5.79 Å². The maximum Gasteiger partial charge on any atom is 0.201 e. The fraction of sp³-hybridized carbons (Fsp3) is 0.759. The van der Waals surface area contributed by atoms with Crippen LogP contribution in [0.1, 0.15) is 46.5 Å². The van der Waals surface area contributed by atoms with Crippen molar-refractivity contribution < 1.29 is 24.0 Å². The molecule has 39 heavy (non-hydrogen) atoms. The molecule has 1 N–H and O–H groups in total. The summed E-state index contributed by atoms with van der Waals surface area (Å²) in [7, 11) is 2.15. The van der Waals surface area contributed by atoms with Crippen LogP contribution in [0.2, 0.25) is 5.02 Å². The highest BCUT2D eigenvalue weighted by Crippen LogP contribution is 2.60. The van der Waals surface area contributed by atoms with Crippen molar-refractivity contribution in [3.05, 3.63) is 29.3 Å². The number of aliphatic imine (C=N–C) groups is 1. The van der Waals surface area contributed by atoms with Crippen LogP contribution in [-0.4, -0.2) is 86.1 Å². The number of hydrogen-bond donors (Lipinski definition) is 1. The minimum atomic E-state index is -0.781. The zero-order valence-electron chi connectivity index (χ0n) is 23.6. The second-order valence-corrected chi connectivity index (χ2v) is 12.7. The van der Waals surface area contributed by atoms with E-state index in [0.717, 1.165) is 57.1 Å². The normalized spacial score (nSPS) is 40.7. The fourth-order valence-electron chi connectivity index (χ4n) is 7.32. The molecule has 1 unspecified atom stereocenters. The van der Waals surface area contributed by atoms with Gasteiger partial charge in [0.25, 0.3) is 0 Å². The number of benzene rings is 1. The topological polar surface area (TPSA) is 77.0 Å². The van der Waals surface area contributed by atoms with E-state index in [1.165, 1.54) is 6.42 Å². The van der Waals surface area contributed by atoms with E-state index in [0.29, 0.717) is 30.0 Å². The van der Waals surface area contributed by atoms with Gasteiger partial charge in [0.05, 0.1) is 13.2 Å². The summed E-state index contributed by atoms with van der Waals surface area (Å²) in [5, 5.41) is 4.18. The van der Waals surface area contributed by atoms with Crippen LogP contribution in [0.3, 0.4) is 0 Å². The molecule has 8 atom stereocenters. The summed E-state index contributed by atoms with van der Waals surface area (Å²) in [4.78, 5) is 21.7. The predicted octanol–water partition coefficient (Wildman–Crippen LogP) is 4.58. The molecule has 6 fully saturated rings. The Morgan fingerprint density at radius 3 is 2.74 bits per heavy atom. The van der Waals surface area contributed by atoms with Gasteiger partial charge >= 0.3 is 0 Å². The Morgan fingerprint density at radius 1 is 1.13 bits per heavy atom. The number of halogens is 1. The molecule has 10 heteroatoms. The van der Waals surface area contributed by atoms with Crippen LogP contribution in [-0.2, 0) is 24.0 Å². The first kappa shape index (κ1) is 27.7. The molecule has 0 amide bonds. The molecule has 5 heterocycles. The standard InChI is InChI=1S/C29H43ClN4O5/c1-19-8-9-24-20(2)25(36-26-29(24)23(19)10-11-28(3,37-26)38-39-29)35-17-12-31-27(34-15-13-33(4)14-16-34)32-22-7-5-6-21(30)18-22/h5-7,18-20,23-26H,8-17H2,1-4H3,(H,31,32)/t19-,20-,23+,24+,25+,26-,28+,29?/m1/s1. The fourth-order valence-corrected chi connectivity index (χ4v) is 7.51. The van der Waals surface area contributed by atoms with Crippen LogP contribution in [0, 0.1) is 23.7 Å². The number of guanidine groups is 1. The molecule has 1 aliphatic carbocycles. The van der Waals surface area contributed by atoms with Crippen LogP contribution in [0.25, 0.3) is 0 Å². The highest BCUT2D eigenvalue weighted by Gasteiger charge is 2.69. The van der Waals surface area contributed by atoms with Crippen molar-refractivity contribution in [2.75, 3.05) is 51.7 Å². The van der Waals surface area contributed by atoms with Crippen molar-refractivity contribution in [3.63, 3.8) is 0 Å². The summed E-state index contributed by atoms with van der Waals surface area (Å²) >= 11 is 6.23. The third kappa shape index (κ3) is 5.32. The molecule has 6 aliphatic rings. The first-order chi connectivity index (χ1) is 18.8. The largest absolute Gasteiger partial charge is 0.350 e. The first-order valence-electron chi connectivity index (χ1n) is 14.6. The number of hydrogen-bond acceptors (Lipinski definition) is 7. The number of rotatable bonds is 5. The molecule has 9 nitrogen and oxygen atoms in total. The number of nitrogens with one attached hydrogen (secondary N) is 1. The van der Waals surface area contributed by atoms with Gasteiger partial charge in [0.15, 0.2) is 24.1 Å². The molecule has 1 spiro atoms. The van der Waals surface area contributed by atoms with E-state index in [1.54, 1.807) is 0 Å². The van der Waals surface area contributed by atoms with Gasteiger partial charge in [0, 0.05) is 55.1 Å². The van der Waals surface area contributed by atoms with E-state index in [1.807, 2.05) is 31.2 Å². The monoisotopic (exact) mass is 562 g/mol. The SMILES string of the molecule is C[C@H]1[C@@H](OCCN=C(Nc2cccc(Cl)c2)N2CCN(C)CC2)O[C@@H]2O[C@]3(C)CC[C@H]4[C@H](C)CC[C@@H]1C24OO3.